The van der Waals surface area contributed by atoms with Crippen LogP contribution in [0.25, 0.3) is 0 Å². The Kier molecular flexibility index (Phi) is 7.81. The Morgan fingerprint density at radius 2 is 1.76 bits per heavy atom. The van der Waals surface area contributed by atoms with Crippen LogP contribution in [0.15, 0.2) is 41.0 Å². The quantitative estimate of drug-likeness (QED) is 0.336. The number of hydrogen-bond donors (Lipinski definition) is 2. The summed E-state index contributed by atoms with van der Waals surface area (Å²) in [5.41, 5.74) is 0.265. The van der Waals surface area contributed by atoms with E-state index in [2.05, 4.69) is 32.9 Å². The smallest absolute Gasteiger partial charge is 0.399 e. The minimum atomic E-state index is -3.87. The number of nitrogens with zero attached hydrogens (tertiary/aromatic N) is 1. The zero-order valence-electron chi connectivity index (χ0n) is 18.6. The van der Waals surface area contributed by atoms with Crippen molar-refractivity contribution in [2.24, 2.45) is 0 Å². The monoisotopic (exact) mass is 605 g/mol. The summed E-state index contributed by atoms with van der Waals surface area (Å²) in [6, 6.07) is 6.80. The molecule has 1 heterocycles. The van der Waals surface area contributed by atoms with Gasteiger partial charge >= 0.3 is 6.08 Å². The predicted octanol–water partition coefficient (Wildman–Crippen LogP) is 5.34. The SMILES string of the molecule is CC(C)c1ccc(I)c(Oc2nc(C(=O)NC(C)c3cc(F)c(NS(C)(=O)=O)c(F)c3)co2)c1. The van der Waals surface area contributed by atoms with Gasteiger partial charge in [-0.25, -0.2) is 17.2 Å². The minimum absolute atomic E-state index is 0.0856. The fraction of sp³-hybridized carbons (Fsp3) is 0.273. The van der Waals surface area contributed by atoms with Gasteiger partial charge in [0.15, 0.2) is 17.3 Å². The summed E-state index contributed by atoms with van der Waals surface area (Å²) >= 11 is 2.11. The third-order valence-corrected chi connectivity index (χ3v) is 6.20. The number of benzene rings is 2. The average Bonchev–Trinajstić information content (AvgIpc) is 3.20. The molecule has 8 nitrogen and oxygen atoms in total. The maximum atomic E-state index is 14.3. The number of nitrogens with one attached hydrogen (secondary N) is 2. The molecule has 0 aliphatic rings. The summed E-state index contributed by atoms with van der Waals surface area (Å²) in [5.74, 6) is -2.06. The first kappa shape index (κ1) is 25.9. The fourth-order valence-electron chi connectivity index (χ4n) is 2.94. The summed E-state index contributed by atoms with van der Waals surface area (Å²) in [6.07, 6.45) is 1.75. The molecule has 182 valence electrons. The number of oxazole rings is 1. The summed E-state index contributed by atoms with van der Waals surface area (Å²) in [7, 11) is -3.87. The molecular weight excluding hydrogens is 583 g/mol. The number of hydrogen-bond acceptors (Lipinski definition) is 6. The molecule has 0 fully saturated rings. The number of sulfonamides is 1. The highest BCUT2D eigenvalue weighted by Gasteiger charge is 2.21. The third kappa shape index (κ3) is 6.44. The molecule has 0 radical (unpaired) electrons. The van der Waals surface area contributed by atoms with E-state index in [9.17, 15) is 22.0 Å². The van der Waals surface area contributed by atoms with Gasteiger partial charge in [0, 0.05) is 0 Å². The second-order valence-corrected chi connectivity index (χ2v) is 10.8. The molecule has 0 bridgehead atoms. The van der Waals surface area contributed by atoms with Crippen molar-refractivity contribution in [1.82, 2.24) is 10.3 Å². The predicted molar refractivity (Wildman–Crippen MR) is 131 cm³/mol. The van der Waals surface area contributed by atoms with E-state index in [4.69, 9.17) is 9.15 Å². The van der Waals surface area contributed by atoms with Crippen LogP contribution in [0, 0.1) is 15.2 Å². The van der Waals surface area contributed by atoms with E-state index in [1.165, 1.54) is 6.92 Å². The second kappa shape index (κ2) is 10.3. The Labute approximate surface area is 209 Å². The van der Waals surface area contributed by atoms with Gasteiger partial charge in [0.05, 0.1) is 15.9 Å². The van der Waals surface area contributed by atoms with Crippen LogP contribution in [-0.2, 0) is 10.0 Å². The van der Waals surface area contributed by atoms with Crippen molar-refractivity contribution in [3.63, 3.8) is 0 Å². The van der Waals surface area contributed by atoms with E-state index in [0.29, 0.717) is 5.75 Å². The standard InChI is InChI=1S/C22H22F2IN3O5S/c1-11(2)13-5-6-17(25)19(9-13)33-22-27-18(10-32-22)21(29)26-12(3)14-7-15(23)20(16(24)8-14)28-34(4,30)31/h5-12,28H,1-4H3,(H,26,29). The highest BCUT2D eigenvalue weighted by atomic mass is 127. The van der Waals surface area contributed by atoms with Crippen LogP contribution < -0.4 is 14.8 Å². The van der Waals surface area contributed by atoms with E-state index >= 15 is 0 Å². The molecule has 0 saturated carbocycles. The average molecular weight is 605 g/mol. The topological polar surface area (TPSA) is 111 Å². The van der Waals surface area contributed by atoms with Crippen LogP contribution in [0.1, 0.15) is 54.3 Å². The van der Waals surface area contributed by atoms with Gasteiger partial charge in [-0.1, -0.05) is 19.9 Å². The number of halogens is 3. The second-order valence-electron chi connectivity index (χ2n) is 7.87. The van der Waals surface area contributed by atoms with Gasteiger partial charge in [0.25, 0.3) is 5.91 Å². The lowest BCUT2D eigenvalue weighted by Gasteiger charge is -2.15. The lowest BCUT2D eigenvalue weighted by Crippen LogP contribution is -2.27. The highest BCUT2D eigenvalue weighted by Crippen LogP contribution is 2.30. The zero-order valence-corrected chi connectivity index (χ0v) is 21.6. The molecule has 3 rings (SSSR count). The van der Waals surface area contributed by atoms with Crippen LogP contribution in [0.2, 0.25) is 0 Å². The molecule has 0 spiro atoms. The number of aromatic nitrogens is 1. The van der Waals surface area contributed by atoms with E-state index in [0.717, 1.165) is 33.8 Å². The first-order valence-electron chi connectivity index (χ1n) is 10.0. The summed E-state index contributed by atoms with van der Waals surface area (Å²) in [4.78, 5) is 16.6. The van der Waals surface area contributed by atoms with Crippen molar-refractivity contribution in [1.29, 1.82) is 0 Å². The molecule has 1 unspecified atom stereocenters. The van der Waals surface area contributed by atoms with Crippen LogP contribution in [0.4, 0.5) is 14.5 Å². The number of carbonyl (C=O) groups excluding carboxylic acids is 1. The van der Waals surface area contributed by atoms with Gasteiger partial charge < -0.3 is 14.5 Å². The zero-order chi connectivity index (χ0) is 25.2. The van der Waals surface area contributed by atoms with Gasteiger partial charge in [-0.15, -0.1) is 0 Å². The molecule has 34 heavy (non-hydrogen) atoms. The van der Waals surface area contributed by atoms with Crippen LogP contribution >= 0.6 is 22.6 Å². The van der Waals surface area contributed by atoms with Gasteiger partial charge in [-0.05, 0) is 70.8 Å². The Bertz CT molecular complexity index is 1300. The Morgan fingerprint density at radius 3 is 2.35 bits per heavy atom. The van der Waals surface area contributed by atoms with E-state index in [1.807, 2.05) is 32.0 Å². The number of carbonyl (C=O) groups is 1. The maximum absolute atomic E-state index is 14.3. The third-order valence-electron chi connectivity index (χ3n) is 4.73. The minimum Gasteiger partial charge on any atom is -0.416 e. The molecule has 3 aromatic rings. The normalized spacial score (nSPS) is 12.5. The van der Waals surface area contributed by atoms with Crippen LogP contribution in [0.3, 0.4) is 0 Å². The Balaban J connectivity index is 1.72. The molecular formula is C22H22F2IN3O5S. The first-order valence-corrected chi connectivity index (χ1v) is 13.0. The van der Waals surface area contributed by atoms with Crippen LogP contribution in [0.5, 0.6) is 11.8 Å². The van der Waals surface area contributed by atoms with Crippen molar-refractivity contribution in [2.45, 2.75) is 32.7 Å². The number of ether oxygens (including phenoxy) is 1. The van der Waals surface area contributed by atoms with Crippen LogP contribution in [-0.4, -0.2) is 25.6 Å². The summed E-state index contributed by atoms with van der Waals surface area (Å²) < 4.78 is 64.6. The molecule has 12 heteroatoms. The van der Waals surface area contributed by atoms with Crippen molar-refractivity contribution in [3.05, 3.63) is 68.6 Å². The van der Waals surface area contributed by atoms with E-state index < -0.39 is 39.3 Å². The molecule has 1 amide bonds. The lowest BCUT2D eigenvalue weighted by atomic mass is 10.0. The van der Waals surface area contributed by atoms with Crippen molar-refractivity contribution in [3.8, 4) is 11.8 Å². The molecule has 0 aliphatic carbocycles. The fourth-order valence-corrected chi connectivity index (χ4v) is 3.95. The molecule has 1 atom stereocenters. The lowest BCUT2D eigenvalue weighted by molar-refractivity contribution is 0.0934. The highest BCUT2D eigenvalue weighted by molar-refractivity contribution is 14.1. The van der Waals surface area contributed by atoms with Gasteiger partial charge in [0.1, 0.15) is 17.7 Å². The summed E-state index contributed by atoms with van der Waals surface area (Å²) in [6.45, 7) is 5.61. The van der Waals surface area contributed by atoms with Gasteiger partial charge in [-0.3, -0.25) is 9.52 Å². The molecule has 2 aromatic carbocycles. The first-order chi connectivity index (χ1) is 15.8. The van der Waals surface area contributed by atoms with Gasteiger partial charge in [-0.2, -0.15) is 4.98 Å². The van der Waals surface area contributed by atoms with E-state index in [1.54, 1.807) is 4.72 Å². The summed E-state index contributed by atoms with van der Waals surface area (Å²) in [5, 5.41) is 2.56. The van der Waals surface area contributed by atoms with Crippen molar-refractivity contribution in [2.75, 3.05) is 11.0 Å². The molecule has 0 saturated heterocycles. The van der Waals surface area contributed by atoms with Gasteiger partial charge in [0.2, 0.25) is 10.0 Å². The largest absolute Gasteiger partial charge is 0.416 e. The number of anilines is 1. The van der Waals surface area contributed by atoms with Crippen molar-refractivity contribution >= 4 is 44.2 Å². The molecule has 2 N–H and O–H groups in total. The maximum Gasteiger partial charge on any atom is 0.399 e. The van der Waals surface area contributed by atoms with Crippen molar-refractivity contribution < 1.29 is 31.1 Å². The number of amides is 1. The number of rotatable bonds is 8. The Morgan fingerprint density at radius 1 is 1.12 bits per heavy atom. The Hall–Kier alpha value is -2.74. The molecule has 1 aromatic heterocycles. The molecule has 0 aliphatic heterocycles. The van der Waals surface area contributed by atoms with E-state index in [-0.39, 0.29) is 23.3 Å².